The highest BCUT2D eigenvalue weighted by Gasteiger charge is 2.43. The average Bonchev–Trinajstić information content (AvgIpc) is 3.49. The van der Waals surface area contributed by atoms with E-state index in [1.165, 1.54) is 19.2 Å². The van der Waals surface area contributed by atoms with Crippen LogP contribution in [0.25, 0.3) is 11.5 Å². The molecule has 35 heavy (non-hydrogen) atoms. The van der Waals surface area contributed by atoms with E-state index in [-0.39, 0.29) is 17.8 Å². The number of piperidine rings is 1. The van der Waals surface area contributed by atoms with Crippen molar-refractivity contribution in [1.29, 1.82) is 0 Å². The van der Waals surface area contributed by atoms with Gasteiger partial charge in [-0.25, -0.2) is 9.18 Å². The third-order valence-corrected chi connectivity index (χ3v) is 6.44. The minimum atomic E-state index is -2.89. The van der Waals surface area contributed by atoms with E-state index >= 15 is 0 Å². The van der Waals surface area contributed by atoms with Gasteiger partial charge in [-0.15, -0.1) is 10.2 Å². The predicted molar refractivity (Wildman–Crippen MR) is 116 cm³/mol. The van der Waals surface area contributed by atoms with Gasteiger partial charge in [0.05, 0.1) is 19.2 Å². The lowest BCUT2D eigenvalue weighted by atomic mass is 9.89. The van der Waals surface area contributed by atoms with Gasteiger partial charge in [-0.3, -0.25) is 9.69 Å². The molecule has 1 saturated heterocycles. The number of carbonyl (C=O) groups excluding carboxylic acids is 2. The summed E-state index contributed by atoms with van der Waals surface area (Å²) in [4.78, 5) is 29.3. The number of nitrogens with zero attached hydrogens (tertiary/aromatic N) is 4. The number of ether oxygens (including phenoxy) is 1. The van der Waals surface area contributed by atoms with Crippen LogP contribution < -0.4 is 0 Å². The molecule has 0 radical (unpaired) electrons. The van der Waals surface area contributed by atoms with Crippen molar-refractivity contribution in [2.75, 3.05) is 13.7 Å². The molecule has 3 aromatic rings. The van der Waals surface area contributed by atoms with Crippen molar-refractivity contribution in [3.8, 4) is 11.5 Å². The first-order valence-electron chi connectivity index (χ1n) is 11.0. The fourth-order valence-electron chi connectivity index (χ4n) is 4.85. The van der Waals surface area contributed by atoms with Gasteiger partial charge in [-0.1, -0.05) is 18.2 Å². The molecule has 1 aromatic heterocycles. The number of benzene rings is 2. The van der Waals surface area contributed by atoms with E-state index in [2.05, 4.69) is 10.2 Å². The highest BCUT2D eigenvalue weighted by Crippen LogP contribution is 2.39. The van der Waals surface area contributed by atoms with Crippen LogP contribution in [0.4, 0.5) is 18.0 Å². The quantitative estimate of drug-likeness (QED) is 0.529. The van der Waals surface area contributed by atoms with Gasteiger partial charge in [0, 0.05) is 24.2 Å². The second kappa shape index (κ2) is 9.05. The minimum Gasteiger partial charge on any atom is -0.453 e. The van der Waals surface area contributed by atoms with E-state index in [4.69, 9.17) is 9.15 Å². The Balaban J connectivity index is 1.47. The summed E-state index contributed by atoms with van der Waals surface area (Å²) in [7, 11) is 1.29. The van der Waals surface area contributed by atoms with Gasteiger partial charge in [0.1, 0.15) is 5.82 Å². The number of halogens is 3. The van der Waals surface area contributed by atoms with Crippen LogP contribution >= 0.6 is 0 Å². The second-order valence-corrected chi connectivity index (χ2v) is 8.42. The number of methoxy groups -OCH3 is 1. The zero-order chi connectivity index (χ0) is 24.7. The second-order valence-electron chi connectivity index (χ2n) is 8.42. The number of alkyl halides is 2. The third-order valence-electron chi connectivity index (χ3n) is 6.44. The SMILES string of the molecule is COC(=O)N1CCC[C@H](N2Cc3ccc(-c4nnc(C(F)F)o4)cc3C2=O)[C@H]1c1ccc(F)cc1. The maximum Gasteiger partial charge on any atom is 0.410 e. The summed E-state index contributed by atoms with van der Waals surface area (Å²) in [6.07, 6.45) is -2.14. The van der Waals surface area contributed by atoms with E-state index in [0.717, 1.165) is 5.56 Å². The molecule has 0 bridgehead atoms. The Kier molecular flexibility index (Phi) is 5.91. The summed E-state index contributed by atoms with van der Waals surface area (Å²) in [6, 6.07) is 9.85. The monoisotopic (exact) mass is 486 g/mol. The van der Waals surface area contributed by atoms with E-state index in [1.807, 2.05) is 0 Å². The number of hydrogen-bond acceptors (Lipinski definition) is 6. The molecule has 0 N–H and O–H groups in total. The summed E-state index contributed by atoms with van der Waals surface area (Å²) >= 11 is 0. The van der Waals surface area contributed by atoms with Crippen LogP contribution in [0.5, 0.6) is 0 Å². The molecule has 1 fully saturated rings. The lowest BCUT2D eigenvalue weighted by Crippen LogP contribution is -2.52. The van der Waals surface area contributed by atoms with Gasteiger partial charge in [0.15, 0.2) is 0 Å². The Morgan fingerprint density at radius 3 is 2.63 bits per heavy atom. The van der Waals surface area contributed by atoms with Crippen LogP contribution in [0.15, 0.2) is 46.9 Å². The summed E-state index contributed by atoms with van der Waals surface area (Å²) in [5, 5.41) is 6.99. The predicted octanol–water partition coefficient (Wildman–Crippen LogP) is 4.74. The van der Waals surface area contributed by atoms with E-state index in [1.54, 1.807) is 40.1 Å². The Morgan fingerprint density at radius 2 is 1.94 bits per heavy atom. The molecule has 2 atom stereocenters. The highest BCUT2D eigenvalue weighted by atomic mass is 19.3. The Bertz CT molecular complexity index is 1260. The van der Waals surface area contributed by atoms with Gasteiger partial charge < -0.3 is 14.1 Å². The molecule has 8 nitrogen and oxygen atoms in total. The average molecular weight is 486 g/mol. The van der Waals surface area contributed by atoms with Crippen LogP contribution in [0, 0.1) is 5.82 Å². The topological polar surface area (TPSA) is 88.8 Å². The van der Waals surface area contributed by atoms with E-state index in [0.29, 0.717) is 42.6 Å². The Labute approximate surface area is 198 Å². The molecule has 2 aromatic carbocycles. The molecule has 2 aliphatic heterocycles. The molecule has 182 valence electrons. The summed E-state index contributed by atoms with van der Waals surface area (Å²) < 4.78 is 49.3. The van der Waals surface area contributed by atoms with Crippen molar-refractivity contribution in [1.82, 2.24) is 20.0 Å². The smallest absolute Gasteiger partial charge is 0.410 e. The molecule has 0 spiro atoms. The van der Waals surface area contributed by atoms with Gasteiger partial charge in [0.25, 0.3) is 11.8 Å². The number of likely N-dealkylation sites (tertiary alicyclic amines) is 1. The molecular formula is C24H21F3N4O4. The number of aromatic nitrogens is 2. The number of amides is 2. The van der Waals surface area contributed by atoms with Gasteiger partial charge in [0.2, 0.25) is 5.89 Å². The number of hydrogen-bond donors (Lipinski definition) is 0. The normalized spacial score (nSPS) is 19.9. The van der Waals surface area contributed by atoms with Crippen molar-refractivity contribution in [2.45, 2.75) is 37.9 Å². The van der Waals surface area contributed by atoms with Crippen LogP contribution in [0.2, 0.25) is 0 Å². The molecule has 3 heterocycles. The largest absolute Gasteiger partial charge is 0.453 e. The zero-order valence-electron chi connectivity index (χ0n) is 18.7. The molecule has 0 saturated carbocycles. The van der Waals surface area contributed by atoms with E-state index in [9.17, 15) is 22.8 Å². The van der Waals surface area contributed by atoms with Crippen LogP contribution in [-0.4, -0.2) is 51.7 Å². The van der Waals surface area contributed by atoms with Crippen LogP contribution in [0.3, 0.4) is 0 Å². The lowest BCUT2D eigenvalue weighted by Gasteiger charge is -2.44. The molecule has 5 rings (SSSR count). The third kappa shape index (κ3) is 4.11. The maximum atomic E-state index is 13.6. The maximum absolute atomic E-state index is 13.6. The standard InChI is InChI=1S/C24H21F3N4O4/c1-34-24(33)30-10-2-3-18(19(30)13-6-8-16(25)9-7-13)31-12-15-5-4-14(11-17(15)23(31)32)21-28-29-22(35-21)20(26)27/h4-9,11,18-20H,2-3,10,12H2,1H3/t18-,19+/m0/s1. The Morgan fingerprint density at radius 1 is 1.17 bits per heavy atom. The van der Waals surface area contributed by atoms with Gasteiger partial charge in [-0.05, 0) is 48.2 Å². The summed E-state index contributed by atoms with van der Waals surface area (Å²) in [6.45, 7) is 0.742. The van der Waals surface area contributed by atoms with Crippen molar-refractivity contribution in [3.63, 3.8) is 0 Å². The number of rotatable bonds is 4. The van der Waals surface area contributed by atoms with Gasteiger partial charge >= 0.3 is 12.5 Å². The van der Waals surface area contributed by atoms with E-state index < -0.39 is 30.3 Å². The first-order chi connectivity index (χ1) is 16.9. The minimum absolute atomic E-state index is 0.104. The molecule has 0 unspecified atom stereocenters. The highest BCUT2D eigenvalue weighted by molar-refractivity contribution is 5.99. The van der Waals surface area contributed by atoms with Crippen molar-refractivity contribution in [3.05, 3.63) is 70.9 Å². The van der Waals surface area contributed by atoms with Crippen LogP contribution in [-0.2, 0) is 11.3 Å². The molecule has 11 heteroatoms. The van der Waals surface area contributed by atoms with Crippen LogP contribution in [0.1, 0.15) is 52.7 Å². The van der Waals surface area contributed by atoms with Crippen molar-refractivity contribution in [2.24, 2.45) is 0 Å². The lowest BCUT2D eigenvalue weighted by molar-refractivity contribution is 0.0283. The van der Waals surface area contributed by atoms with Crippen molar-refractivity contribution < 1.29 is 31.9 Å². The fraction of sp³-hybridized carbons (Fsp3) is 0.333. The zero-order valence-corrected chi connectivity index (χ0v) is 18.7. The van der Waals surface area contributed by atoms with Gasteiger partial charge in [-0.2, -0.15) is 8.78 Å². The van der Waals surface area contributed by atoms with Crippen molar-refractivity contribution >= 4 is 12.0 Å². The summed E-state index contributed by atoms with van der Waals surface area (Å²) in [5.41, 5.74) is 2.19. The summed E-state index contributed by atoms with van der Waals surface area (Å²) in [5.74, 6) is -1.56. The first-order valence-corrected chi connectivity index (χ1v) is 11.0. The molecular weight excluding hydrogens is 465 g/mol. The first kappa shape index (κ1) is 22.9. The molecule has 2 amide bonds. The molecule has 2 aliphatic rings. The Hall–Kier alpha value is -3.89. The molecule has 0 aliphatic carbocycles. The number of carbonyl (C=O) groups is 2. The fourth-order valence-corrected chi connectivity index (χ4v) is 4.85. The number of fused-ring (bicyclic) bond motifs is 1.